The van der Waals surface area contributed by atoms with Crippen LogP contribution >= 0.6 is 0 Å². The Labute approximate surface area is 74.6 Å². The third-order valence-corrected chi connectivity index (χ3v) is 2.29. The van der Waals surface area contributed by atoms with Gasteiger partial charge in [-0.25, -0.2) is 0 Å². The van der Waals surface area contributed by atoms with Gasteiger partial charge in [0.1, 0.15) is 0 Å². The summed E-state index contributed by atoms with van der Waals surface area (Å²) in [5, 5.41) is 0. The summed E-state index contributed by atoms with van der Waals surface area (Å²) in [6.07, 6.45) is 1.12. The third-order valence-electron chi connectivity index (χ3n) is 2.29. The lowest BCUT2D eigenvalue weighted by molar-refractivity contribution is 0.674. The average molecular weight is 163 g/mol. The molecule has 0 aliphatic carbocycles. The number of hydrogen-bond donors (Lipinski definition) is 1. The lowest BCUT2D eigenvalue weighted by Crippen LogP contribution is -2.11. The van der Waals surface area contributed by atoms with Crippen molar-refractivity contribution in [2.45, 2.75) is 26.2 Å². The highest BCUT2D eigenvalue weighted by molar-refractivity contribution is 5.25. The lowest BCUT2D eigenvalue weighted by Gasteiger charge is -2.12. The second-order valence-corrected chi connectivity index (χ2v) is 3.26. The first kappa shape index (κ1) is 9.27. The Morgan fingerprint density at radius 2 is 2.17 bits per heavy atom. The van der Waals surface area contributed by atoms with E-state index < -0.39 is 0 Å². The maximum atomic E-state index is 5.67. The summed E-state index contributed by atoms with van der Waals surface area (Å²) in [7, 11) is 0. The zero-order chi connectivity index (χ0) is 8.97. The van der Waals surface area contributed by atoms with Gasteiger partial charge in [-0.2, -0.15) is 0 Å². The highest BCUT2D eigenvalue weighted by Gasteiger charge is 2.05. The minimum atomic E-state index is 0.532. The summed E-state index contributed by atoms with van der Waals surface area (Å²) < 4.78 is 0. The molecule has 0 saturated carbocycles. The number of benzene rings is 1. The fourth-order valence-electron chi connectivity index (χ4n) is 1.46. The van der Waals surface area contributed by atoms with E-state index in [1.807, 2.05) is 0 Å². The van der Waals surface area contributed by atoms with E-state index >= 15 is 0 Å². The van der Waals surface area contributed by atoms with Crippen molar-refractivity contribution in [3.8, 4) is 0 Å². The van der Waals surface area contributed by atoms with Crippen molar-refractivity contribution >= 4 is 0 Å². The molecule has 0 saturated heterocycles. The molecule has 2 N–H and O–H groups in total. The Hall–Kier alpha value is -0.820. The number of rotatable bonds is 3. The standard InChI is InChI=1S/C11H17N/c1-3-10(8-12)11-6-4-5-9(2)7-11/h4-7,10H,3,8,12H2,1-2H3. The molecule has 0 bridgehead atoms. The van der Waals surface area contributed by atoms with E-state index in [1.54, 1.807) is 0 Å². The summed E-state index contributed by atoms with van der Waals surface area (Å²) in [6.45, 7) is 5.05. The third kappa shape index (κ3) is 2.08. The van der Waals surface area contributed by atoms with Gasteiger partial charge in [-0.05, 0) is 31.4 Å². The SMILES string of the molecule is CCC(CN)c1cccc(C)c1. The van der Waals surface area contributed by atoms with Crippen LogP contribution in [0.15, 0.2) is 24.3 Å². The highest BCUT2D eigenvalue weighted by Crippen LogP contribution is 2.18. The zero-order valence-corrected chi connectivity index (χ0v) is 7.88. The van der Waals surface area contributed by atoms with Gasteiger partial charge in [0, 0.05) is 0 Å². The summed E-state index contributed by atoms with van der Waals surface area (Å²) in [5.41, 5.74) is 8.36. The van der Waals surface area contributed by atoms with E-state index in [4.69, 9.17) is 5.73 Å². The van der Waals surface area contributed by atoms with Crippen molar-refractivity contribution in [3.05, 3.63) is 35.4 Å². The molecule has 1 unspecified atom stereocenters. The molecular formula is C11H17N. The first-order chi connectivity index (χ1) is 5.77. The lowest BCUT2D eigenvalue weighted by atomic mass is 9.95. The second kappa shape index (κ2) is 4.27. The van der Waals surface area contributed by atoms with E-state index in [2.05, 4.69) is 38.1 Å². The van der Waals surface area contributed by atoms with Gasteiger partial charge in [0.15, 0.2) is 0 Å². The number of hydrogen-bond acceptors (Lipinski definition) is 1. The predicted molar refractivity (Wildman–Crippen MR) is 53.3 cm³/mol. The van der Waals surface area contributed by atoms with Gasteiger partial charge in [-0.3, -0.25) is 0 Å². The Morgan fingerprint density at radius 1 is 1.42 bits per heavy atom. The molecule has 1 atom stereocenters. The van der Waals surface area contributed by atoms with Gasteiger partial charge < -0.3 is 5.73 Å². The largest absolute Gasteiger partial charge is 0.330 e. The van der Waals surface area contributed by atoms with Crippen LogP contribution in [0.25, 0.3) is 0 Å². The van der Waals surface area contributed by atoms with E-state index in [0.717, 1.165) is 13.0 Å². The normalized spacial score (nSPS) is 12.9. The van der Waals surface area contributed by atoms with Crippen LogP contribution in [-0.4, -0.2) is 6.54 Å². The number of nitrogens with two attached hydrogens (primary N) is 1. The van der Waals surface area contributed by atoms with E-state index in [9.17, 15) is 0 Å². The zero-order valence-electron chi connectivity index (χ0n) is 7.88. The van der Waals surface area contributed by atoms with Crippen LogP contribution in [0.3, 0.4) is 0 Å². The average Bonchev–Trinajstić information content (AvgIpc) is 2.07. The fraction of sp³-hybridized carbons (Fsp3) is 0.455. The minimum Gasteiger partial charge on any atom is -0.330 e. The fourth-order valence-corrected chi connectivity index (χ4v) is 1.46. The Balaban J connectivity index is 2.85. The molecule has 0 heterocycles. The van der Waals surface area contributed by atoms with Crippen LogP contribution in [0.1, 0.15) is 30.4 Å². The highest BCUT2D eigenvalue weighted by atomic mass is 14.5. The van der Waals surface area contributed by atoms with Crippen LogP contribution in [0.2, 0.25) is 0 Å². The predicted octanol–water partition coefficient (Wildman–Crippen LogP) is 2.45. The molecule has 66 valence electrons. The van der Waals surface area contributed by atoms with Crippen molar-refractivity contribution in [2.75, 3.05) is 6.54 Å². The van der Waals surface area contributed by atoms with Crippen molar-refractivity contribution in [3.63, 3.8) is 0 Å². The Morgan fingerprint density at radius 3 is 2.67 bits per heavy atom. The summed E-state index contributed by atoms with van der Waals surface area (Å²) in [6, 6.07) is 8.60. The molecule has 0 amide bonds. The molecule has 0 aliphatic heterocycles. The Kier molecular flexibility index (Phi) is 3.30. The maximum Gasteiger partial charge on any atom is -0.000834 e. The van der Waals surface area contributed by atoms with Crippen molar-refractivity contribution in [1.29, 1.82) is 0 Å². The van der Waals surface area contributed by atoms with E-state index in [1.165, 1.54) is 11.1 Å². The summed E-state index contributed by atoms with van der Waals surface area (Å²) in [5.74, 6) is 0.532. The molecule has 1 nitrogen and oxygen atoms in total. The van der Waals surface area contributed by atoms with Crippen molar-refractivity contribution < 1.29 is 0 Å². The molecule has 1 aromatic carbocycles. The van der Waals surface area contributed by atoms with E-state index in [-0.39, 0.29) is 0 Å². The first-order valence-electron chi connectivity index (χ1n) is 4.54. The molecular weight excluding hydrogens is 146 g/mol. The molecule has 1 heteroatoms. The van der Waals surface area contributed by atoms with Gasteiger partial charge in [0.2, 0.25) is 0 Å². The van der Waals surface area contributed by atoms with Crippen LogP contribution in [0.5, 0.6) is 0 Å². The van der Waals surface area contributed by atoms with Crippen LogP contribution < -0.4 is 5.73 Å². The number of aryl methyl sites for hydroxylation is 1. The smallest absolute Gasteiger partial charge is 0.000834 e. The quantitative estimate of drug-likeness (QED) is 0.727. The molecule has 0 radical (unpaired) electrons. The van der Waals surface area contributed by atoms with Crippen molar-refractivity contribution in [2.24, 2.45) is 5.73 Å². The van der Waals surface area contributed by atoms with Crippen LogP contribution in [0.4, 0.5) is 0 Å². The monoisotopic (exact) mass is 163 g/mol. The first-order valence-corrected chi connectivity index (χ1v) is 4.54. The van der Waals surface area contributed by atoms with E-state index in [0.29, 0.717) is 5.92 Å². The van der Waals surface area contributed by atoms with Crippen LogP contribution in [-0.2, 0) is 0 Å². The van der Waals surface area contributed by atoms with Crippen LogP contribution in [0, 0.1) is 6.92 Å². The second-order valence-electron chi connectivity index (χ2n) is 3.26. The van der Waals surface area contributed by atoms with Crippen molar-refractivity contribution in [1.82, 2.24) is 0 Å². The molecule has 0 spiro atoms. The summed E-state index contributed by atoms with van der Waals surface area (Å²) >= 11 is 0. The van der Waals surface area contributed by atoms with Gasteiger partial charge in [-0.15, -0.1) is 0 Å². The molecule has 0 fully saturated rings. The van der Waals surface area contributed by atoms with Gasteiger partial charge in [-0.1, -0.05) is 36.8 Å². The summed E-state index contributed by atoms with van der Waals surface area (Å²) in [4.78, 5) is 0. The Bertz CT molecular complexity index is 239. The molecule has 12 heavy (non-hydrogen) atoms. The van der Waals surface area contributed by atoms with Gasteiger partial charge in [0.05, 0.1) is 0 Å². The molecule has 0 aliphatic rings. The molecule has 0 aromatic heterocycles. The minimum absolute atomic E-state index is 0.532. The van der Waals surface area contributed by atoms with Gasteiger partial charge in [0.25, 0.3) is 0 Å². The van der Waals surface area contributed by atoms with Gasteiger partial charge >= 0.3 is 0 Å². The molecule has 1 aromatic rings. The molecule has 1 rings (SSSR count). The maximum absolute atomic E-state index is 5.67. The topological polar surface area (TPSA) is 26.0 Å².